The van der Waals surface area contributed by atoms with E-state index in [1.54, 1.807) is 0 Å². The average molecular weight is 207 g/mol. The lowest BCUT2D eigenvalue weighted by Crippen LogP contribution is -2.33. The summed E-state index contributed by atoms with van der Waals surface area (Å²) in [5, 5.41) is 7.99. The SMILES string of the molecule is CC(C)n1nccc1[C@@H]1CC[C@H](C)CN1. The number of piperidine rings is 1. The Morgan fingerprint density at radius 2 is 2.27 bits per heavy atom. The molecular formula is C12H21N3. The third kappa shape index (κ3) is 2.23. The fourth-order valence-electron chi connectivity index (χ4n) is 2.28. The molecule has 0 radical (unpaired) electrons. The molecule has 3 heteroatoms. The van der Waals surface area contributed by atoms with Gasteiger partial charge in [-0.3, -0.25) is 4.68 Å². The Balaban J connectivity index is 2.12. The van der Waals surface area contributed by atoms with Crippen molar-refractivity contribution in [3.05, 3.63) is 18.0 Å². The van der Waals surface area contributed by atoms with Gasteiger partial charge in [0.25, 0.3) is 0 Å². The Hall–Kier alpha value is -0.830. The second-order valence-electron chi connectivity index (χ2n) is 4.94. The van der Waals surface area contributed by atoms with E-state index in [1.807, 2.05) is 6.20 Å². The smallest absolute Gasteiger partial charge is 0.0556 e. The predicted molar refractivity (Wildman–Crippen MR) is 61.8 cm³/mol. The molecule has 0 aromatic carbocycles. The van der Waals surface area contributed by atoms with Gasteiger partial charge in [-0.1, -0.05) is 6.92 Å². The van der Waals surface area contributed by atoms with Crippen LogP contribution in [0.15, 0.2) is 12.3 Å². The number of hydrogen-bond donors (Lipinski definition) is 1. The first-order chi connectivity index (χ1) is 7.18. The van der Waals surface area contributed by atoms with Crippen molar-refractivity contribution < 1.29 is 0 Å². The predicted octanol–water partition coefficient (Wildman–Crippen LogP) is 2.52. The Labute approximate surface area is 91.9 Å². The van der Waals surface area contributed by atoms with Crippen molar-refractivity contribution in [1.29, 1.82) is 0 Å². The summed E-state index contributed by atoms with van der Waals surface area (Å²) in [5.74, 6) is 0.816. The van der Waals surface area contributed by atoms with E-state index in [-0.39, 0.29) is 0 Å². The third-order valence-electron chi connectivity index (χ3n) is 3.21. The van der Waals surface area contributed by atoms with E-state index in [2.05, 4.69) is 41.9 Å². The summed E-state index contributed by atoms with van der Waals surface area (Å²) in [6, 6.07) is 3.11. The van der Waals surface area contributed by atoms with E-state index in [0.29, 0.717) is 12.1 Å². The lowest BCUT2D eigenvalue weighted by atomic mass is 9.94. The van der Waals surface area contributed by atoms with Gasteiger partial charge in [-0.25, -0.2) is 0 Å². The first-order valence-electron chi connectivity index (χ1n) is 5.95. The van der Waals surface area contributed by atoms with Crippen molar-refractivity contribution in [2.24, 2.45) is 5.92 Å². The van der Waals surface area contributed by atoms with Gasteiger partial charge in [0, 0.05) is 18.3 Å². The number of hydrogen-bond acceptors (Lipinski definition) is 2. The van der Waals surface area contributed by atoms with Crippen LogP contribution in [0.3, 0.4) is 0 Å². The summed E-state index contributed by atoms with van der Waals surface area (Å²) in [6.45, 7) is 7.81. The molecule has 2 atom stereocenters. The average Bonchev–Trinajstić information content (AvgIpc) is 2.67. The van der Waals surface area contributed by atoms with E-state index in [1.165, 1.54) is 18.5 Å². The lowest BCUT2D eigenvalue weighted by molar-refractivity contribution is 0.315. The minimum atomic E-state index is 0.455. The summed E-state index contributed by atoms with van der Waals surface area (Å²) >= 11 is 0. The molecule has 2 heterocycles. The zero-order chi connectivity index (χ0) is 10.8. The van der Waals surface area contributed by atoms with Crippen molar-refractivity contribution in [2.75, 3.05) is 6.54 Å². The highest BCUT2D eigenvalue weighted by Crippen LogP contribution is 2.26. The second-order valence-corrected chi connectivity index (χ2v) is 4.94. The highest BCUT2D eigenvalue weighted by molar-refractivity contribution is 5.08. The first kappa shape index (κ1) is 10.7. The summed E-state index contributed by atoms with van der Waals surface area (Å²) in [4.78, 5) is 0. The Bertz CT molecular complexity index is 308. The van der Waals surface area contributed by atoms with Crippen LogP contribution in [-0.2, 0) is 0 Å². The van der Waals surface area contributed by atoms with Crippen LogP contribution < -0.4 is 5.32 Å². The van der Waals surface area contributed by atoms with Crippen LogP contribution in [0, 0.1) is 5.92 Å². The molecule has 0 unspecified atom stereocenters. The normalized spacial score (nSPS) is 27.2. The van der Waals surface area contributed by atoms with Gasteiger partial charge in [0.05, 0.1) is 5.69 Å². The summed E-state index contributed by atoms with van der Waals surface area (Å²) in [5.41, 5.74) is 1.34. The Morgan fingerprint density at radius 3 is 2.87 bits per heavy atom. The van der Waals surface area contributed by atoms with Gasteiger partial charge in [-0.15, -0.1) is 0 Å². The van der Waals surface area contributed by atoms with Gasteiger partial charge >= 0.3 is 0 Å². The van der Waals surface area contributed by atoms with Crippen molar-refractivity contribution in [3.63, 3.8) is 0 Å². The molecule has 1 N–H and O–H groups in total. The molecule has 0 aliphatic carbocycles. The molecule has 2 rings (SSSR count). The topological polar surface area (TPSA) is 29.9 Å². The quantitative estimate of drug-likeness (QED) is 0.807. The van der Waals surface area contributed by atoms with Gasteiger partial charge in [0.15, 0.2) is 0 Å². The second kappa shape index (κ2) is 4.35. The number of nitrogens with zero attached hydrogens (tertiary/aromatic N) is 2. The highest BCUT2D eigenvalue weighted by Gasteiger charge is 2.22. The summed E-state index contributed by atoms with van der Waals surface area (Å²) < 4.78 is 2.13. The Morgan fingerprint density at radius 1 is 1.47 bits per heavy atom. The van der Waals surface area contributed by atoms with Gasteiger partial charge in [0.2, 0.25) is 0 Å². The molecule has 1 saturated heterocycles. The molecule has 1 aromatic rings. The van der Waals surface area contributed by atoms with Gasteiger partial charge < -0.3 is 5.32 Å². The molecule has 15 heavy (non-hydrogen) atoms. The number of rotatable bonds is 2. The van der Waals surface area contributed by atoms with Crippen LogP contribution in [0.25, 0.3) is 0 Å². The lowest BCUT2D eigenvalue weighted by Gasteiger charge is -2.28. The zero-order valence-corrected chi connectivity index (χ0v) is 9.90. The molecule has 1 aliphatic rings. The zero-order valence-electron chi connectivity index (χ0n) is 9.90. The summed E-state index contributed by atoms with van der Waals surface area (Å²) in [7, 11) is 0. The maximum atomic E-state index is 4.39. The van der Waals surface area contributed by atoms with Crippen LogP contribution in [-0.4, -0.2) is 16.3 Å². The minimum absolute atomic E-state index is 0.455. The molecule has 3 nitrogen and oxygen atoms in total. The molecule has 0 spiro atoms. The van der Waals surface area contributed by atoms with Crippen molar-refractivity contribution in [3.8, 4) is 0 Å². The molecule has 84 valence electrons. The van der Waals surface area contributed by atoms with Gasteiger partial charge in [0.1, 0.15) is 0 Å². The molecule has 0 saturated carbocycles. The van der Waals surface area contributed by atoms with E-state index in [0.717, 1.165) is 12.5 Å². The largest absolute Gasteiger partial charge is 0.308 e. The molecule has 1 fully saturated rings. The monoisotopic (exact) mass is 207 g/mol. The minimum Gasteiger partial charge on any atom is -0.308 e. The third-order valence-corrected chi connectivity index (χ3v) is 3.21. The summed E-state index contributed by atoms with van der Waals surface area (Å²) in [6.07, 6.45) is 4.47. The maximum absolute atomic E-state index is 4.39. The van der Waals surface area contributed by atoms with Crippen LogP contribution in [0.1, 0.15) is 51.4 Å². The number of aromatic nitrogens is 2. The van der Waals surface area contributed by atoms with E-state index in [4.69, 9.17) is 0 Å². The fraction of sp³-hybridized carbons (Fsp3) is 0.750. The molecular weight excluding hydrogens is 186 g/mol. The van der Waals surface area contributed by atoms with E-state index >= 15 is 0 Å². The van der Waals surface area contributed by atoms with Gasteiger partial charge in [-0.2, -0.15) is 5.10 Å². The standard InChI is InChI=1S/C12H21N3/c1-9(2)15-12(6-7-14-15)11-5-4-10(3)8-13-11/h6-7,9-11,13H,4-5,8H2,1-3H3/t10-,11-/m0/s1. The van der Waals surface area contributed by atoms with Crippen molar-refractivity contribution in [1.82, 2.24) is 15.1 Å². The molecule has 0 bridgehead atoms. The van der Waals surface area contributed by atoms with Gasteiger partial charge in [-0.05, 0) is 45.2 Å². The van der Waals surface area contributed by atoms with E-state index < -0.39 is 0 Å². The Kier molecular flexibility index (Phi) is 3.10. The molecule has 1 aliphatic heterocycles. The fourth-order valence-corrected chi connectivity index (χ4v) is 2.28. The van der Waals surface area contributed by atoms with Crippen LogP contribution >= 0.6 is 0 Å². The molecule has 0 amide bonds. The van der Waals surface area contributed by atoms with Crippen LogP contribution in [0.4, 0.5) is 0 Å². The van der Waals surface area contributed by atoms with Crippen molar-refractivity contribution >= 4 is 0 Å². The van der Waals surface area contributed by atoms with E-state index in [9.17, 15) is 0 Å². The molecule has 1 aromatic heterocycles. The maximum Gasteiger partial charge on any atom is 0.0556 e. The number of nitrogens with one attached hydrogen (secondary N) is 1. The first-order valence-corrected chi connectivity index (χ1v) is 5.95. The van der Waals surface area contributed by atoms with Crippen LogP contribution in [0.2, 0.25) is 0 Å². The van der Waals surface area contributed by atoms with Crippen molar-refractivity contribution in [2.45, 2.75) is 45.7 Å². The van der Waals surface area contributed by atoms with Crippen LogP contribution in [0.5, 0.6) is 0 Å². The highest BCUT2D eigenvalue weighted by atomic mass is 15.3.